The number of hydrogen-bond donors (Lipinski definition) is 0. The fourth-order valence-electron chi connectivity index (χ4n) is 2.91. The van der Waals surface area contributed by atoms with Gasteiger partial charge in [-0.1, -0.05) is 31.2 Å². The van der Waals surface area contributed by atoms with Gasteiger partial charge in [-0.25, -0.2) is 8.42 Å². The Morgan fingerprint density at radius 2 is 1.81 bits per heavy atom. The van der Waals surface area contributed by atoms with Gasteiger partial charge in [0, 0.05) is 25.5 Å². The van der Waals surface area contributed by atoms with Crippen LogP contribution in [0.15, 0.2) is 53.7 Å². The van der Waals surface area contributed by atoms with Gasteiger partial charge in [0.25, 0.3) is 0 Å². The van der Waals surface area contributed by atoms with Crippen LogP contribution in [0.3, 0.4) is 0 Å². The predicted octanol–water partition coefficient (Wildman–Crippen LogP) is 2.61. The van der Waals surface area contributed by atoms with Crippen LogP contribution < -0.4 is 0 Å². The topological polar surface area (TPSA) is 50.3 Å². The molecular formula is C16H18N2O2S. The maximum atomic E-state index is 12.8. The molecule has 3 rings (SSSR count). The fourth-order valence-corrected chi connectivity index (χ4v) is 4.68. The zero-order valence-corrected chi connectivity index (χ0v) is 12.8. The summed E-state index contributed by atoms with van der Waals surface area (Å²) in [4.78, 5) is 6.27. The molecule has 0 fully saturated rings. The van der Waals surface area contributed by atoms with E-state index in [2.05, 4.69) is 17.1 Å². The Kier molecular flexibility index (Phi) is 3.78. The Morgan fingerprint density at radius 1 is 1.14 bits per heavy atom. The lowest BCUT2D eigenvalue weighted by atomic mass is 10.1. The summed E-state index contributed by atoms with van der Waals surface area (Å²) in [7, 11) is -3.39. The minimum Gasteiger partial charge on any atom is -0.278 e. The van der Waals surface area contributed by atoms with Gasteiger partial charge >= 0.3 is 0 Å². The smallest absolute Gasteiger partial charge is 0.195 e. The van der Waals surface area contributed by atoms with Gasteiger partial charge in [-0.2, -0.15) is 0 Å². The summed E-state index contributed by atoms with van der Waals surface area (Å²) < 4.78 is 25.6. The molecule has 0 spiro atoms. The van der Waals surface area contributed by atoms with Crippen molar-refractivity contribution in [3.63, 3.8) is 0 Å². The van der Waals surface area contributed by atoms with Crippen molar-refractivity contribution in [3.05, 3.63) is 59.9 Å². The van der Waals surface area contributed by atoms with Crippen LogP contribution in [0.1, 0.15) is 24.5 Å². The van der Waals surface area contributed by atoms with Crippen molar-refractivity contribution in [1.29, 1.82) is 0 Å². The predicted molar refractivity (Wildman–Crippen MR) is 81.2 cm³/mol. The molecule has 1 aromatic heterocycles. The molecule has 0 bridgehead atoms. The molecule has 1 aromatic carbocycles. The van der Waals surface area contributed by atoms with E-state index in [1.54, 1.807) is 18.3 Å². The van der Waals surface area contributed by atoms with Crippen LogP contribution in [0.4, 0.5) is 0 Å². The highest BCUT2D eigenvalue weighted by atomic mass is 32.2. The van der Waals surface area contributed by atoms with E-state index < -0.39 is 15.2 Å². The molecule has 1 unspecified atom stereocenters. The van der Waals surface area contributed by atoms with Gasteiger partial charge in [0.2, 0.25) is 0 Å². The first-order valence-corrected chi connectivity index (χ1v) is 8.62. The van der Waals surface area contributed by atoms with Crippen molar-refractivity contribution < 1.29 is 8.42 Å². The molecule has 110 valence electrons. The largest absolute Gasteiger partial charge is 0.278 e. The molecule has 0 saturated heterocycles. The van der Waals surface area contributed by atoms with E-state index in [9.17, 15) is 8.42 Å². The molecule has 5 heteroatoms. The lowest BCUT2D eigenvalue weighted by molar-refractivity contribution is 0.249. The van der Waals surface area contributed by atoms with Gasteiger partial charge in [0.1, 0.15) is 5.37 Å². The highest BCUT2D eigenvalue weighted by Gasteiger charge is 2.34. The first-order valence-electron chi connectivity index (χ1n) is 7.07. The number of pyridine rings is 1. The Labute approximate surface area is 125 Å². The van der Waals surface area contributed by atoms with Crippen LogP contribution in [0, 0.1) is 0 Å². The lowest BCUT2D eigenvalue weighted by Gasteiger charge is -2.26. The third kappa shape index (κ3) is 2.59. The molecular weight excluding hydrogens is 284 g/mol. The monoisotopic (exact) mass is 302 g/mol. The highest BCUT2D eigenvalue weighted by Crippen LogP contribution is 2.29. The molecule has 1 atom stereocenters. The minimum absolute atomic E-state index is 0.299. The van der Waals surface area contributed by atoms with Gasteiger partial charge in [0.15, 0.2) is 9.84 Å². The van der Waals surface area contributed by atoms with Crippen molar-refractivity contribution in [2.45, 2.75) is 36.7 Å². The number of aromatic nitrogens is 1. The second kappa shape index (κ2) is 5.58. The van der Waals surface area contributed by atoms with Gasteiger partial charge in [-0.15, -0.1) is 0 Å². The highest BCUT2D eigenvalue weighted by molar-refractivity contribution is 7.92. The third-order valence-electron chi connectivity index (χ3n) is 3.94. The number of fused-ring (bicyclic) bond motifs is 1. The number of rotatable bonds is 4. The summed E-state index contributed by atoms with van der Waals surface area (Å²) in [6, 6.07) is 11.4. The summed E-state index contributed by atoms with van der Waals surface area (Å²) >= 11 is 0. The second-order valence-electron chi connectivity index (χ2n) is 5.27. The third-order valence-corrected chi connectivity index (χ3v) is 6.19. The van der Waals surface area contributed by atoms with Gasteiger partial charge < -0.3 is 0 Å². The van der Waals surface area contributed by atoms with Crippen LogP contribution in [-0.4, -0.2) is 23.7 Å². The zero-order chi connectivity index (χ0) is 14.9. The molecule has 0 saturated carbocycles. The Hall–Kier alpha value is -1.72. The lowest BCUT2D eigenvalue weighted by Crippen LogP contribution is -2.37. The summed E-state index contributed by atoms with van der Waals surface area (Å²) in [5.41, 5.74) is 2.44. The molecule has 1 aliphatic rings. The van der Waals surface area contributed by atoms with Gasteiger partial charge in [-0.05, 0) is 29.7 Å². The normalized spacial score (nSPS) is 16.6. The van der Waals surface area contributed by atoms with Gasteiger partial charge in [0.05, 0.1) is 4.90 Å². The SMILES string of the molecule is CCC(N1Cc2ccccc2C1)S(=O)(=O)c1cccnc1. The van der Waals surface area contributed by atoms with E-state index in [1.165, 1.54) is 17.3 Å². The number of sulfone groups is 1. The summed E-state index contributed by atoms with van der Waals surface area (Å²) in [5, 5.41) is -0.505. The zero-order valence-electron chi connectivity index (χ0n) is 11.9. The Bertz CT molecular complexity index is 704. The van der Waals surface area contributed by atoms with Crippen LogP contribution in [0.5, 0.6) is 0 Å². The van der Waals surface area contributed by atoms with E-state index >= 15 is 0 Å². The number of nitrogens with zero attached hydrogens (tertiary/aromatic N) is 2. The number of benzene rings is 1. The van der Waals surface area contributed by atoms with Crippen molar-refractivity contribution in [2.75, 3.05) is 0 Å². The van der Waals surface area contributed by atoms with Crippen LogP contribution in [0.25, 0.3) is 0 Å². The quantitative estimate of drug-likeness (QED) is 0.871. The standard InChI is InChI=1S/C16H18N2O2S/c1-2-16(21(19,20)15-8-5-9-17-10-15)18-11-13-6-3-4-7-14(13)12-18/h3-10,16H,2,11-12H2,1H3. The van der Waals surface area contributed by atoms with E-state index in [1.807, 2.05) is 24.0 Å². The maximum absolute atomic E-state index is 12.8. The molecule has 1 aliphatic heterocycles. The van der Waals surface area contributed by atoms with Crippen molar-refractivity contribution in [1.82, 2.24) is 9.88 Å². The second-order valence-corrected chi connectivity index (χ2v) is 7.38. The van der Waals surface area contributed by atoms with Crippen LogP contribution in [-0.2, 0) is 22.9 Å². The fraction of sp³-hybridized carbons (Fsp3) is 0.312. The molecule has 0 amide bonds. The molecule has 0 N–H and O–H groups in total. The van der Waals surface area contributed by atoms with E-state index in [-0.39, 0.29) is 0 Å². The Morgan fingerprint density at radius 3 is 2.33 bits per heavy atom. The summed E-state index contributed by atoms with van der Waals surface area (Å²) in [6.07, 6.45) is 3.58. The van der Waals surface area contributed by atoms with E-state index in [0.29, 0.717) is 24.4 Å². The molecule has 2 aromatic rings. The molecule has 0 radical (unpaired) electrons. The minimum atomic E-state index is -3.39. The summed E-state index contributed by atoms with van der Waals surface area (Å²) in [5.74, 6) is 0. The van der Waals surface area contributed by atoms with E-state index in [0.717, 1.165) is 0 Å². The maximum Gasteiger partial charge on any atom is 0.195 e. The molecule has 0 aliphatic carbocycles. The van der Waals surface area contributed by atoms with Crippen LogP contribution in [0.2, 0.25) is 0 Å². The Balaban J connectivity index is 1.91. The van der Waals surface area contributed by atoms with Crippen LogP contribution >= 0.6 is 0 Å². The van der Waals surface area contributed by atoms with E-state index in [4.69, 9.17) is 0 Å². The average molecular weight is 302 g/mol. The average Bonchev–Trinajstić information content (AvgIpc) is 2.92. The molecule has 21 heavy (non-hydrogen) atoms. The molecule has 2 heterocycles. The van der Waals surface area contributed by atoms with Gasteiger partial charge in [-0.3, -0.25) is 9.88 Å². The summed E-state index contributed by atoms with van der Waals surface area (Å²) in [6.45, 7) is 3.30. The first-order chi connectivity index (χ1) is 10.1. The van der Waals surface area contributed by atoms with Crippen molar-refractivity contribution >= 4 is 9.84 Å². The first kappa shape index (κ1) is 14.2. The molecule has 4 nitrogen and oxygen atoms in total. The van der Waals surface area contributed by atoms with Crippen molar-refractivity contribution in [2.24, 2.45) is 0 Å². The van der Waals surface area contributed by atoms with Crippen molar-refractivity contribution in [3.8, 4) is 0 Å². The number of hydrogen-bond acceptors (Lipinski definition) is 4.